The zero-order valence-corrected chi connectivity index (χ0v) is 38.9. The van der Waals surface area contributed by atoms with Gasteiger partial charge in [0.2, 0.25) is 0 Å². The molecule has 0 aliphatic rings. The molecule has 2 aromatic heterocycles. The maximum Gasteiger partial charge on any atom is 0.159 e. The van der Waals surface area contributed by atoms with Crippen LogP contribution in [0.15, 0.2) is 167 Å². The number of aryl methyl sites for hydroxylation is 4. The van der Waals surface area contributed by atoms with E-state index in [1.165, 1.54) is 54.6 Å². The van der Waals surface area contributed by atoms with Crippen molar-refractivity contribution in [2.45, 2.75) is 67.2 Å². The van der Waals surface area contributed by atoms with Crippen molar-refractivity contribution in [3.05, 3.63) is 191 Å². The summed E-state index contributed by atoms with van der Waals surface area (Å²) in [7, 11) is 0. The Kier molecular flexibility index (Phi) is 9.09. The molecule has 0 saturated carbocycles. The second-order valence-electron chi connectivity index (χ2n) is 19.1. The van der Waals surface area contributed by atoms with E-state index in [2.05, 4.69) is 223 Å². The van der Waals surface area contributed by atoms with E-state index in [-0.39, 0.29) is 11.8 Å². The summed E-state index contributed by atoms with van der Waals surface area (Å²) in [5, 5.41) is 12.0. The standard InChI is InChI=1S/C62H52N2O2/c1-35(2)51-33-53(63(41-17-13-15-37(5)31-41)59-39(7)23-25-47-43-19-9-11-21-55(43)65-61(47)59)49-30-28-46-52(36(3)4)34-54(50-29-27-45(51)57(49)58(46)50)64(42-18-14-16-38(6)32-42)60-40(8)24-26-48-44-20-10-12-22-56(44)66-62(48)60/h9-36H,1-8H3. The van der Waals surface area contributed by atoms with E-state index in [9.17, 15) is 0 Å². The smallest absolute Gasteiger partial charge is 0.159 e. The highest BCUT2D eigenvalue weighted by atomic mass is 16.3. The molecule has 10 aromatic carbocycles. The van der Waals surface area contributed by atoms with E-state index in [1.54, 1.807) is 0 Å². The molecule has 0 aliphatic carbocycles. The molecule has 4 nitrogen and oxygen atoms in total. The molecule has 4 heteroatoms. The molecule has 66 heavy (non-hydrogen) atoms. The van der Waals surface area contributed by atoms with Gasteiger partial charge in [0.05, 0.1) is 22.7 Å². The number of rotatable bonds is 8. The van der Waals surface area contributed by atoms with Gasteiger partial charge >= 0.3 is 0 Å². The fourth-order valence-corrected chi connectivity index (χ4v) is 10.9. The van der Waals surface area contributed by atoms with Crippen molar-refractivity contribution < 1.29 is 8.83 Å². The maximum atomic E-state index is 6.90. The first kappa shape index (κ1) is 40.0. The lowest BCUT2D eigenvalue weighted by molar-refractivity contribution is 0.668. The number of nitrogens with zero attached hydrogens (tertiary/aromatic N) is 2. The first-order valence-electron chi connectivity index (χ1n) is 23.4. The molecule has 0 bridgehead atoms. The number of hydrogen-bond acceptors (Lipinski definition) is 4. The van der Waals surface area contributed by atoms with Crippen molar-refractivity contribution in [2.24, 2.45) is 0 Å². The van der Waals surface area contributed by atoms with Gasteiger partial charge in [-0.05, 0) is 143 Å². The predicted molar refractivity (Wildman–Crippen MR) is 281 cm³/mol. The van der Waals surface area contributed by atoms with Gasteiger partial charge in [0, 0.05) is 43.7 Å². The Balaban J connectivity index is 1.23. The maximum absolute atomic E-state index is 6.90. The molecule has 0 radical (unpaired) electrons. The summed E-state index contributed by atoms with van der Waals surface area (Å²) in [6, 6.07) is 58.1. The van der Waals surface area contributed by atoms with Gasteiger partial charge in [-0.25, -0.2) is 0 Å². The molecular weight excluding hydrogens is 805 g/mol. The number of hydrogen-bond donors (Lipinski definition) is 0. The molecule has 0 saturated heterocycles. The van der Waals surface area contributed by atoms with E-state index in [4.69, 9.17) is 8.83 Å². The monoisotopic (exact) mass is 856 g/mol. The first-order valence-corrected chi connectivity index (χ1v) is 23.4. The minimum absolute atomic E-state index is 0.247. The van der Waals surface area contributed by atoms with Gasteiger partial charge in [-0.1, -0.05) is 137 Å². The molecule has 0 N–H and O–H groups in total. The van der Waals surface area contributed by atoms with E-state index < -0.39 is 0 Å². The minimum atomic E-state index is 0.247. The largest absolute Gasteiger partial charge is 0.454 e. The number of fused-ring (bicyclic) bond motifs is 6. The number of furan rings is 2. The molecule has 322 valence electrons. The van der Waals surface area contributed by atoms with Crippen LogP contribution in [0.5, 0.6) is 0 Å². The zero-order valence-electron chi connectivity index (χ0n) is 38.9. The molecule has 0 amide bonds. The van der Waals surface area contributed by atoms with E-state index in [1.807, 2.05) is 0 Å². The molecule has 0 fully saturated rings. The number of benzene rings is 10. The average Bonchev–Trinajstić information content (AvgIpc) is 3.88. The summed E-state index contributed by atoms with van der Waals surface area (Å²) < 4.78 is 13.8. The van der Waals surface area contributed by atoms with Gasteiger partial charge < -0.3 is 18.6 Å². The van der Waals surface area contributed by atoms with Crippen LogP contribution in [0.25, 0.3) is 76.2 Å². The number of anilines is 6. The molecule has 12 aromatic rings. The molecular formula is C62H52N2O2. The van der Waals surface area contributed by atoms with Crippen molar-refractivity contribution in [3.8, 4) is 0 Å². The summed E-state index contributed by atoms with van der Waals surface area (Å²) in [5.41, 5.74) is 17.5. The first-order chi connectivity index (χ1) is 32.0. The third kappa shape index (κ3) is 5.97. The highest BCUT2D eigenvalue weighted by Crippen LogP contribution is 2.54. The fourth-order valence-electron chi connectivity index (χ4n) is 10.9. The summed E-state index contributed by atoms with van der Waals surface area (Å²) >= 11 is 0. The van der Waals surface area contributed by atoms with Gasteiger partial charge in [0.25, 0.3) is 0 Å². The van der Waals surface area contributed by atoms with Crippen molar-refractivity contribution in [2.75, 3.05) is 9.80 Å². The van der Waals surface area contributed by atoms with Crippen LogP contribution in [-0.2, 0) is 0 Å². The second kappa shape index (κ2) is 15.0. The topological polar surface area (TPSA) is 32.8 Å². The van der Waals surface area contributed by atoms with Crippen molar-refractivity contribution in [3.63, 3.8) is 0 Å². The van der Waals surface area contributed by atoms with Gasteiger partial charge in [0.1, 0.15) is 11.2 Å². The highest BCUT2D eigenvalue weighted by molar-refractivity contribution is 6.30. The van der Waals surface area contributed by atoms with Gasteiger partial charge in [-0.15, -0.1) is 0 Å². The lowest BCUT2D eigenvalue weighted by atomic mass is 9.84. The zero-order chi connectivity index (χ0) is 45.1. The van der Waals surface area contributed by atoms with Crippen LogP contribution in [0.2, 0.25) is 0 Å². The van der Waals surface area contributed by atoms with Crippen LogP contribution in [0, 0.1) is 27.7 Å². The van der Waals surface area contributed by atoms with Gasteiger partial charge in [-0.3, -0.25) is 0 Å². The normalized spacial score (nSPS) is 12.2. The Hall–Kier alpha value is -7.56. The molecule has 0 atom stereocenters. The summed E-state index contributed by atoms with van der Waals surface area (Å²) in [5.74, 6) is 0.494. The van der Waals surface area contributed by atoms with Gasteiger partial charge in [0.15, 0.2) is 11.2 Å². The van der Waals surface area contributed by atoms with Crippen LogP contribution in [0.1, 0.15) is 72.9 Å². The van der Waals surface area contributed by atoms with Crippen LogP contribution in [0.4, 0.5) is 34.1 Å². The fraction of sp³-hybridized carbons (Fsp3) is 0.161. The molecule has 0 unspecified atom stereocenters. The summed E-state index contributed by atoms with van der Waals surface area (Å²) in [6.07, 6.45) is 0. The lowest BCUT2D eigenvalue weighted by Gasteiger charge is -2.32. The Labute approximate surface area is 385 Å². The van der Waals surface area contributed by atoms with E-state index in [0.29, 0.717) is 0 Å². The van der Waals surface area contributed by atoms with Crippen molar-refractivity contribution in [1.82, 2.24) is 0 Å². The molecule has 0 spiro atoms. The molecule has 12 rings (SSSR count). The lowest BCUT2D eigenvalue weighted by Crippen LogP contribution is -2.14. The third-order valence-electron chi connectivity index (χ3n) is 14.1. The predicted octanol–water partition coefficient (Wildman–Crippen LogP) is 18.8. The summed E-state index contributed by atoms with van der Waals surface area (Å²) in [4.78, 5) is 4.97. The van der Waals surface area contributed by atoms with Gasteiger partial charge in [-0.2, -0.15) is 0 Å². The SMILES string of the molecule is Cc1cccc(N(c2cc(C(C)C)c3ccc4c(N(c5cccc(C)c5)c5c(C)ccc6c5oc5ccccc56)cc(C(C)C)c5ccc2c3c54)c2c(C)ccc3c2oc2ccccc23)c1. The van der Waals surface area contributed by atoms with Crippen molar-refractivity contribution >= 4 is 110 Å². The minimum Gasteiger partial charge on any atom is -0.454 e. The average molecular weight is 857 g/mol. The Morgan fingerprint density at radius 1 is 0.364 bits per heavy atom. The van der Waals surface area contributed by atoms with Crippen LogP contribution in [0.3, 0.4) is 0 Å². The van der Waals surface area contributed by atoms with Crippen LogP contribution < -0.4 is 9.80 Å². The highest BCUT2D eigenvalue weighted by Gasteiger charge is 2.30. The van der Waals surface area contributed by atoms with Crippen LogP contribution >= 0.6 is 0 Å². The Morgan fingerprint density at radius 2 is 0.758 bits per heavy atom. The quantitative estimate of drug-likeness (QED) is 0.143. The molecule has 0 aliphatic heterocycles. The molecule has 2 heterocycles. The van der Waals surface area contributed by atoms with E-state index in [0.717, 1.165) is 89.1 Å². The third-order valence-corrected chi connectivity index (χ3v) is 14.1. The second-order valence-corrected chi connectivity index (χ2v) is 19.1. The Bertz CT molecular complexity index is 3650. The van der Waals surface area contributed by atoms with Crippen LogP contribution in [-0.4, -0.2) is 0 Å². The summed E-state index contributed by atoms with van der Waals surface area (Å²) in [6.45, 7) is 18.1. The van der Waals surface area contributed by atoms with E-state index >= 15 is 0 Å². The number of para-hydroxylation sites is 2. The van der Waals surface area contributed by atoms with Crippen molar-refractivity contribution in [1.29, 1.82) is 0 Å². The Morgan fingerprint density at radius 3 is 1.17 bits per heavy atom.